The predicted octanol–water partition coefficient (Wildman–Crippen LogP) is 5.26. The smallest absolute Gasteiger partial charge is 0.247 e. The lowest BCUT2D eigenvalue weighted by atomic mass is 9.93. The van der Waals surface area contributed by atoms with E-state index in [1.807, 2.05) is 42.5 Å². The lowest BCUT2D eigenvalue weighted by Gasteiger charge is -2.26. The van der Waals surface area contributed by atoms with Crippen molar-refractivity contribution >= 4 is 50.0 Å². The first-order valence-electron chi connectivity index (χ1n) is 12.0. The summed E-state index contributed by atoms with van der Waals surface area (Å²) in [6.45, 7) is 3.49. The monoisotopic (exact) mass is 500 g/mol. The maximum absolute atomic E-state index is 11.6. The summed E-state index contributed by atoms with van der Waals surface area (Å²) in [7, 11) is 0. The third-order valence-electron chi connectivity index (χ3n) is 6.11. The third-order valence-corrected chi connectivity index (χ3v) is 7.05. The molecule has 0 bridgehead atoms. The fourth-order valence-electron chi connectivity index (χ4n) is 4.28. The van der Waals surface area contributed by atoms with E-state index in [0.717, 1.165) is 41.6 Å². The molecule has 1 saturated carbocycles. The quantitative estimate of drug-likeness (QED) is 0.244. The zero-order valence-electron chi connectivity index (χ0n) is 19.8. The number of aromatic nitrogens is 3. The molecule has 5 rings (SSSR count). The van der Waals surface area contributed by atoms with Crippen LogP contribution < -0.4 is 16.0 Å². The van der Waals surface area contributed by atoms with Crippen molar-refractivity contribution in [2.75, 3.05) is 16.0 Å². The van der Waals surface area contributed by atoms with Crippen LogP contribution >= 0.6 is 11.3 Å². The third kappa shape index (κ3) is 6.05. The number of rotatable bonds is 8. The van der Waals surface area contributed by atoms with Crippen molar-refractivity contribution in [3.63, 3.8) is 0 Å². The Kier molecular flexibility index (Phi) is 7.20. The number of aliphatic hydroxyl groups is 1. The van der Waals surface area contributed by atoms with Gasteiger partial charge in [0.25, 0.3) is 0 Å². The zero-order chi connectivity index (χ0) is 24.9. The molecule has 4 aromatic rings. The molecule has 0 radical (unpaired) electrons. The number of aliphatic hydroxyl groups excluding tert-OH is 1. The van der Waals surface area contributed by atoms with Gasteiger partial charge in [0.15, 0.2) is 5.13 Å². The van der Waals surface area contributed by atoms with E-state index in [4.69, 9.17) is 9.97 Å². The molecule has 36 heavy (non-hydrogen) atoms. The molecule has 0 saturated heterocycles. The van der Waals surface area contributed by atoms with E-state index in [2.05, 4.69) is 39.6 Å². The van der Waals surface area contributed by atoms with E-state index in [1.54, 1.807) is 0 Å². The molecule has 1 aliphatic carbocycles. The van der Waals surface area contributed by atoms with Crippen LogP contribution in [0.15, 0.2) is 67.3 Å². The molecular formula is C27H28N6O2S. The normalized spacial score (nSPS) is 17.5. The molecule has 8 nitrogen and oxygen atoms in total. The van der Waals surface area contributed by atoms with Gasteiger partial charge in [-0.2, -0.15) is 4.98 Å². The average molecular weight is 501 g/mol. The summed E-state index contributed by atoms with van der Waals surface area (Å²) < 4.78 is 0.942. The zero-order valence-corrected chi connectivity index (χ0v) is 20.6. The van der Waals surface area contributed by atoms with Crippen LogP contribution in [0.5, 0.6) is 0 Å². The van der Waals surface area contributed by atoms with Gasteiger partial charge in [-0.3, -0.25) is 4.79 Å². The summed E-state index contributed by atoms with van der Waals surface area (Å²) in [4.78, 5) is 25.8. The highest BCUT2D eigenvalue weighted by Crippen LogP contribution is 2.31. The van der Waals surface area contributed by atoms with Crippen molar-refractivity contribution < 1.29 is 9.90 Å². The fourth-order valence-corrected chi connectivity index (χ4v) is 5.20. The average Bonchev–Trinajstić information content (AvgIpc) is 3.27. The molecule has 0 spiro atoms. The van der Waals surface area contributed by atoms with Crippen LogP contribution in [0, 0.1) is 0 Å². The fraction of sp³-hybridized carbons (Fsp3) is 0.259. The Morgan fingerprint density at radius 1 is 1.06 bits per heavy atom. The number of thiazole rings is 1. The second kappa shape index (κ2) is 10.8. The van der Waals surface area contributed by atoms with Gasteiger partial charge < -0.3 is 21.1 Å². The summed E-state index contributed by atoms with van der Waals surface area (Å²) in [5.74, 6) is 0.980. The highest BCUT2D eigenvalue weighted by molar-refractivity contribution is 7.22. The second-order valence-corrected chi connectivity index (χ2v) is 9.93. The number of carbonyl (C=O) groups is 1. The predicted molar refractivity (Wildman–Crippen MR) is 145 cm³/mol. The van der Waals surface area contributed by atoms with Crippen LogP contribution in [-0.2, 0) is 11.2 Å². The first-order chi connectivity index (χ1) is 17.5. The Balaban J connectivity index is 1.39. The van der Waals surface area contributed by atoms with E-state index < -0.39 is 0 Å². The Labute approximate surface area is 213 Å². The van der Waals surface area contributed by atoms with Gasteiger partial charge in [-0.15, -0.1) is 0 Å². The number of carbonyl (C=O) groups excluding carboxylic acids is 1. The number of benzene rings is 2. The number of fused-ring (bicyclic) bond motifs is 1. The van der Waals surface area contributed by atoms with Crippen molar-refractivity contribution in [3.05, 3.63) is 78.5 Å². The van der Waals surface area contributed by atoms with Crippen LogP contribution in [-0.4, -0.2) is 38.1 Å². The highest BCUT2D eigenvalue weighted by atomic mass is 32.1. The second-order valence-electron chi connectivity index (χ2n) is 8.90. The summed E-state index contributed by atoms with van der Waals surface area (Å²) in [6, 6.07) is 18.0. The number of nitrogens with one attached hydrogen (secondary N) is 3. The van der Waals surface area contributed by atoms with Gasteiger partial charge in [0.2, 0.25) is 11.9 Å². The lowest BCUT2D eigenvalue weighted by Crippen LogP contribution is -2.29. The summed E-state index contributed by atoms with van der Waals surface area (Å²) in [5, 5.41) is 20.1. The van der Waals surface area contributed by atoms with E-state index >= 15 is 0 Å². The van der Waals surface area contributed by atoms with Crippen molar-refractivity contribution in [1.82, 2.24) is 15.0 Å². The first-order valence-corrected chi connectivity index (χ1v) is 12.8. The molecule has 1 amide bonds. The van der Waals surface area contributed by atoms with Crippen molar-refractivity contribution in [2.45, 2.75) is 44.2 Å². The van der Waals surface area contributed by atoms with E-state index in [1.165, 1.54) is 23.0 Å². The number of hydrogen-bond acceptors (Lipinski definition) is 8. The Morgan fingerprint density at radius 3 is 2.64 bits per heavy atom. The van der Waals surface area contributed by atoms with Gasteiger partial charge in [0, 0.05) is 24.2 Å². The summed E-state index contributed by atoms with van der Waals surface area (Å²) in [6.07, 6.45) is 5.06. The minimum atomic E-state index is -0.253. The standard InChI is InChI=1S/C27H28N6O2S/c1-2-25(35)28-19-10-13-22-23(15-19)36-27(31-22)33-24-16-20(14-17-6-4-3-5-7-17)30-26(32-24)29-18-8-11-21(34)12-9-18/h2-7,10,13,15-16,18,21,34H,1,8-9,11-12,14H2,(H,28,35)(H2,29,30,31,32,33)/t18-,21-. The Bertz CT molecular complexity index is 1370. The van der Waals surface area contributed by atoms with Crippen molar-refractivity contribution in [2.24, 2.45) is 0 Å². The van der Waals surface area contributed by atoms with E-state index in [0.29, 0.717) is 29.0 Å². The van der Waals surface area contributed by atoms with Gasteiger partial charge in [-0.05, 0) is 55.5 Å². The van der Waals surface area contributed by atoms with Gasteiger partial charge >= 0.3 is 0 Å². The minimum Gasteiger partial charge on any atom is -0.393 e. The lowest BCUT2D eigenvalue weighted by molar-refractivity contribution is -0.111. The topological polar surface area (TPSA) is 112 Å². The molecular weight excluding hydrogens is 472 g/mol. The maximum atomic E-state index is 11.6. The van der Waals surface area contributed by atoms with Crippen LogP contribution in [0.1, 0.15) is 36.9 Å². The van der Waals surface area contributed by atoms with Crippen LogP contribution in [0.25, 0.3) is 10.2 Å². The molecule has 2 aromatic heterocycles. The number of anilines is 4. The molecule has 4 N–H and O–H groups in total. The molecule has 0 aliphatic heterocycles. The van der Waals surface area contributed by atoms with Gasteiger partial charge in [0.1, 0.15) is 5.82 Å². The van der Waals surface area contributed by atoms with Gasteiger partial charge in [-0.25, -0.2) is 9.97 Å². The van der Waals surface area contributed by atoms with E-state index in [9.17, 15) is 9.90 Å². The minimum absolute atomic E-state index is 0.213. The summed E-state index contributed by atoms with van der Waals surface area (Å²) >= 11 is 1.48. The molecule has 2 heterocycles. The Hall–Kier alpha value is -3.82. The maximum Gasteiger partial charge on any atom is 0.247 e. The molecule has 1 aliphatic rings. The summed E-state index contributed by atoms with van der Waals surface area (Å²) in [5.41, 5.74) is 3.59. The molecule has 184 valence electrons. The van der Waals surface area contributed by atoms with Gasteiger partial charge in [-0.1, -0.05) is 48.2 Å². The SMILES string of the molecule is C=CC(=O)Nc1ccc2nc(Nc3cc(Cc4ccccc4)nc(N[C@H]4CC[C@H](O)CC4)n3)sc2c1. The van der Waals surface area contributed by atoms with Gasteiger partial charge in [0.05, 0.1) is 22.0 Å². The van der Waals surface area contributed by atoms with Crippen LogP contribution in [0.4, 0.5) is 22.6 Å². The number of nitrogens with zero attached hydrogens (tertiary/aromatic N) is 3. The van der Waals surface area contributed by atoms with Crippen molar-refractivity contribution in [3.8, 4) is 0 Å². The highest BCUT2D eigenvalue weighted by Gasteiger charge is 2.20. The largest absolute Gasteiger partial charge is 0.393 e. The van der Waals surface area contributed by atoms with E-state index in [-0.39, 0.29) is 18.1 Å². The van der Waals surface area contributed by atoms with Crippen LogP contribution in [0.2, 0.25) is 0 Å². The van der Waals surface area contributed by atoms with Crippen molar-refractivity contribution in [1.29, 1.82) is 0 Å². The number of amides is 1. The molecule has 2 aromatic carbocycles. The molecule has 9 heteroatoms. The molecule has 0 atom stereocenters. The molecule has 0 unspecified atom stereocenters. The van der Waals surface area contributed by atoms with Crippen LogP contribution in [0.3, 0.4) is 0 Å². The first kappa shape index (κ1) is 23.9. The number of hydrogen-bond donors (Lipinski definition) is 4. The molecule has 1 fully saturated rings. The Morgan fingerprint density at radius 2 is 1.86 bits per heavy atom.